The highest BCUT2D eigenvalue weighted by molar-refractivity contribution is 5.94. The van der Waals surface area contributed by atoms with Crippen molar-refractivity contribution in [2.24, 2.45) is 0 Å². The molecule has 0 spiro atoms. The minimum Gasteiger partial charge on any atom is -0.423 e. The van der Waals surface area contributed by atoms with Gasteiger partial charge in [0.2, 0.25) is 0 Å². The van der Waals surface area contributed by atoms with Gasteiger partial charge in [0, 0.05) is 49.5 Å². The van der Waals surface area contributed by atoms with Gasteiger partial charge in [-0.2, -0.15) is 4.98 Å². The van der Waals surface area contributed by atoms with Crippen LogP contribution in [0.2, 0.25) is 0 Å². The summed E-state index contributed by atoms with van der Waals surface area (Å²) in [5.41, 5.74) is 4.55. The molecule has 2 N–H and O–H groups in total. The average Bonchev–Trinajstić information content (AvgIpc) is 3.67. The Labute approximate surface area is 201 Å². The number of nitrogens with one attached hydrogen (secondary N) is 2. The second-order valence-electron chi connectivity index (χ2n) is 9.05. The van der Waals surface area contributed by atoms with Gasteiger partial charge in [0.1, 0.15) is 17.2 Å². The molecule has 0 bridgehead atoms. The zero-order chi connectivity index (χ0) is 23.2. The van der Waals surface area contributed by atoms with Crippen molar-refractivity contribution in [2.45, 2.75) is 18.8 Å². The molecule has 1 aliphatic heterocycles. The fourth-order valence-corrected chi connectivity index (χ4v) is 4.70. The Kier molecular flexibility index (Phi) is 4.80. The van der Waals surface area contributed by atoms with Crippen molar-refractivity contribution in [1.82, 2.24) is 30.2 Å². The van der Waals surface area contributed by atoms with E-state index in [1.54, 1.807) is 6.20 Å². The van der Waals surface area contributed by atoms with Crippen LogP contribution in [0.15, 0.2) is 59.4 Å². The van der Waals surface area contributed by atoms with Gasteiger partial charge < -0.3 is 14.6 Å². The summed E-state index contributed by atoms with van der Waals surface area (Å²) in [6, 6.07) is 11.9. The number of anilines is 3. The first kappa shape index (κ1) is 20.3. The second kappa shape index (κ2) is 8.28. The smallest absolute Gasteiger partial charge is 0.301 e. The maximum Gasteiger partial charge on any atom is 0.301 e. The minimum atomic E-state index is 0.398. The highest BCUT2D eigenvalue weighted by Gasteiger charge is 2.29. The lowest BCUT2D eigenvalue weighted by Crippen LogP contribution is -2.44. The predicted molar refractivity (Wildman–Crippen MR) is 135 cm³/mol. The van der Waals surface area contributed by atoms with E-state index in [2.05, 4.69) is 30.5 Å². The lowest BCUT2D eigenvalue weighted by atomic mass is 10.1. The molecule has 5 heterocycles. The molecule has 0 unspecified atom stereocenters. The molecule has 0 amide bonds. The van der Waals surface area contributed by atoms with Gasteiger partial charge in [-0.1, -0.05) is 12.1 Å². The van der Waals surface area contributed by atoms with Gasteiger partial charge in [-0.3, -0.25) is 10.3 Å². The van der Waals surface area contributed by atoms with Crippen molar-refractivity contribution in [1.29, 1.82) is 0 Å². The maximum atomic E-state index is 5.80. The molecule has 0 atom stereocenters. The predicted octanol–water partition coefficient (Wildman–Crippen LogP) is 4.26. The van der Waals surface area contributed by atoms with E-state index in [1.165, 1.54) is 18.4 Å². The zero-order valence-corrected chi connectivity index (χ0v) is 19.1. The fraction of sp³-hybridized carbons (Fsp3) is 0.269. The number of aromatic nitrogens is 5. The number of pyridine rings is 2. The van der Waals surface area contributed by atoms with Gasteiger partial charge >= 0.3 is 6.01 Å². The van der Waals surface area contributed by atoms with Crippen molar-refractivity contribution in [3.8, 4) is 11.4 Å². The number of nitrogens with zero attached hydrogens (tertiary/aromatic N) is 6. The van der Waals surface area contributed by atoms with Crippen molar-refractivity contribution < 1.29 is 4.42 Å². The summed E-state index contributed by atoms with van der Waals surface area (Å²) >= 11 is 0. The number of fused-ring (bicyclic) bond motifs is 2. The lowest BCUT2D eigenvalue weighted by molar-refractivity contribution is 0.586. The minimum absolute atomic E-state index is 0.398. The van der Waals surface area contributed by atoms with Crippen LogP contribution < -0.4 is 15.5 Å². The van der Waals surface area contributed by atoms with Crippen LogP contribution in [0.3, 0.4) is 0 Å². The van der Waals surface area contributed by atoms with Crippen LogP contribution in [0.1, 0.15) is 24.3 Å². The highest BCUT2D eigenvalue weighted by Crippen LogP contribution is 2.44. The number of piperazine rings is 1. The Morgan fingerprint density at radius 3 is 2.71 bits per heavy atom. The summed E-state index contributed by atoms with van der Waals surface area (Å²) in [4.78, 5) is 25.9. The van der Waals surface area contributed by atoms with Crippen LogP contribution in [0.25, 0.3) is 33.4 Å². The SMILES string of the molecule is c1ccc2oc(Nc3cc(-c4nc(N5CCNCC5)c5c(C6CC6)cncc5n4)ccn3)nc2c1. The van der Waals surface area contributed by atoms with Gasteiger partial charge in [-0.15, -0.1) is 0 Å². The number of hydrogen-bond acceptors (Lipinski definition) is 9. The Bertz CT molecular complexity index is 1500. The van der Waals surface area contributed by atoms with Crippen LogP contribution in [0.4, 0.5) is 17.7 Å². The second-order valence-corrected chi connectivity index (χ2v) is 9.05. The molecule has 0 radical (unpaired) electrons. The first-order valence-corrected chi connectivity index (χ1v) is 12.0. The number of para-hydroxylation sites is 2. The molecule has 1 saturated carbocycles. The summed E-state index contributed by atoms with van der Waals surface area (Å²) in [5, 5.41) is 7.76. The summed E-state index contributed by atoms with van der Waals surface area (Å²) in [6.45, 7) is 3.72. The van der Waals surface area contributed by atoms with Crippen molar-refractivity contribution in [3.05, 3.63) is 60.6 Å². The third-order valence-electron chi connectivity index (χ3n) is 6.60. The average molecular weight is 465 g/mol. The first-order valence-electron chi connectivity index (χ1n) is 12.0. The van der Waals surface area contributed by atoms with Gasteiger partial charge in [0.05, 0.1) is 11.7 Å². The third kappa shape index (κ3) is 3.83. The first-order chi connectivity index (χ1) is 17.3. The quantitative estimate of drug-likeness (QED) is 0.395. The van der Waals surface area contributed by atoms with E-state index in [4.69, 9.17) is 14.4 Å². The molecule has 1 aliphatic carbocycles. The Morgan fingerprint density at radius 1 is 0.971 bits per heavy atom. The standard InChI is InChI=1S/C26H24N8O/c1-2-4-21-19(3-1)31-26(35-21)32-22-13-17(7-8-29-22)24-30-20-15-28-14-18(16-5-6-16)23(20)25(33-24)34-11-9-27-10-12-34/h1-4,7-8,13-16,27H,5-6,9-12H2,(H,29,31,32). The monoisotopic (exact) mass is 464 g/mol. The maximum absolute atomic E-state index is 5.80. The Hall–Kier alpha value is -4.11. The lowest BCUT2D eigenvalue weighted by Gasteiger charge is -2.30. The Morgan fingerprint density at radius 2 is 1.86 bits per heavy atom. The van der Waals surface area contributed by atoms with Gasteiger partial charge in [-0.05, 0) is 48.6 Å². The molecule has 174 valence electrons. The molecule has 9 heteroatoms. The van der Waals surface area contributed by atoms with E-state index < -0.39 is 0 Å². The van der Waals surface area contributed by atoms with Gasteiger partial charge in [0.25, 0.3) is 0 Å². The highest BCUT2D eigenvalue weighted by atomic mass is 16.4. The van der Waals surface area contributed by atoms with Crippen LogP contribution in [-0.4, -0.2) is 51.1 Å². The van der Waals surface area contributed by atoms with Gasteiger partial charge in [-0.25, -0.2) is 15.0 Å². The summed E-state index contributed by atoms with van der Waals surface area (Å²) in [7, 11) is 0. The van der Waals surface area contributed by atoms with E-state index in [-0.39, 0.29) is 0 Å². The molecular formula is C26H24N8O. The van der Waals surface area contributed by atoms with Crippen molar-refractivity contribution >= 4 is 39.7 Å². The van der Waals surface area contributed by atoms with Gasteiger partial charge in [0.15, 0.2) is 11.4 Å². The number of hydrogen-bond donors (Lipinski definition) is 2. The normalized spacial score (nSPS) is 16.2. The molecule has 2 aliphatic rings. The molecule has 4 aromatic heterocycles. The third-order valence-corrected chi connectivity index (χ3v) is 6.60. The molecule has 35 heavy (non-hydrogen) atoms. The van der Waals surface area contributed by atoms with Crippen LogP contribution in [0, 0.1) is 0 Å². The zero-order valence-electron chi connectivity index (χ0n) is 19.1. The number of oxazole rings is 1. The molecule has 1 saturated heterocycles. The molecule has 2 fully saturated rings. The van der Waals surface area contributed by atoms with E-state index >= 15 is 0 Å². The van der Waals surface area contributed by atoms with Crippen LogP contribution >= 0.6 is 0 Å². The van der Waals surface area contributed by atoms with Crippen molar-refractivity contribution in [2.75, 3.05) is 36.4 Å². The van der Waals surface area contributed by atoms with Crippen molar-refractivity contribution in [3.63, 3.8) is 0 Å². The van der Waals surface area contributed by atoms with Crippen LogP contribution in [0.5, 0.6) is 0 Å². The van der Waals surface area contributed by atoms with E-state index in [9.17, 15) is 0 Å². The molecule has 7 rings (SSSR count). The molecule has 9 nitrogen and oxygen atoms in total. The summed E-state index contributed by atoms with van der Waals surface area (Å²) in [6.07, 6.45) is 8.02. The number of rotatable bonds is 5. The summed E-state index contributed by atoms with van der Waals surface area (Å²) in [5.74, 6) is 2.84. The Balaban J connectivity index is 1.30. The van der Waals surface area contributed by atoms with Crippen LogP contribution in [-0.2, 0) is 0 Å². The molecule has 5 aromatic rings. The van der Waals surface area contributed by atoms with E-state index in [0.29, 0.717) is 23.6 Å². The molecule has 1 aromatic carbocycles. The topological polar surface area (TPSA) is 105 Å². The van der Waals surface area contributed by atoms with E-state index in [1.807, 2.05) is 48.8 Å². The largest absolute Gasteiger partial charge is 0.423 e. The summed E-state index contributed by atoms with van der Waals surface area (Å²) < 4.78 is 5.80. The fourth-order valence-electron chi connectivity index (χ4n) is 4.70. The molecular weight excluding hydrogens is 440 g/mol. The van der Waals surface area contributed by atoms with E-state index in [0.717, 1.165) is 59.6 Å². The number of benzene rings is 1.